The highest BCUT2D eigenvalue weighted by Crippen LogP contribution is 2.31. The van der Waals surface area contributed by atoms with Gasteiger partial charge in [-0.15, -0.1) is 11.8 Å². The summed E-state index contributed by atoms with van der Waals surface area (Å²) in [5.74, 6) is 0.844. The van der Waals surface area contributed by atoms with Crippen molar-refractivity contribution in [2.24, 2.45) is 0 Å². The lowest BCUT2D eigenvalue weighted by Crippen LogP contribution is -2.08. The highest BCUT2D eigenvalue weighted by molar-refractivity contribution is 8.00. The van der Waals surface area contributed by atoms with Gasteiger partial charge in [-0.3, -0.25) is 0 Å². The van der Waals surface area contributed by atoms with E-state index in [1.807, 2.05) is 6.07 Å². The summed E-state index contributed by atoms with van der Waals surface area (Å²) in [6.45, 7) is 8.59. The highest BCUT2D eigenvalue weighted by atomic mass is 35.5. The van der Waals surface area contributed by atoms with E-state index in [0.717, 1.165) is 23.7 Å². The van der Waals surface area contributed by atoms with E-state index in [0.29, 0.717) is 5.15 Å². The van der Waals surface area contributed by atoms with Crippen LogP contribution in [0.15, 0.2) is 11.1 Å². The van der Waals surface area contributed by atoms with Crippen LogP contribution in [0.1, 0.15) is 39.9 Å². The van der Waals surface area contributed by atoms with Crippen molar-refractivity contribution in [3.63, 3.8) is 0 Å². The molecule has 0 aromatic carbocycles. The molecule has 0 spiro atoms. The average molecular weight is 245 g/mol. The molecular weight excluding hydrogens is 228 g/mol. The average Bonchev–Trinajstić information content (AvgIpc) is 1.99. The fraction of sp³-hybridized carbons (Fsp3) is 0.636. The molecule has 2 nitrogen and oxygen atoms in total. The predicted octanol–water partition coefficient (Wildman–Crippen LogP) is 3.97. The highest BCUT2D eigenvalue weighted by Gasteiger charge is 2.14. The van der Waals surface area contributed by atoms with Crippen molar-refractivity contribution in [2.75, 3.05) is 0 Å². The zero-order chi connectivity index (χ0) is 11.5. The lowest BCUT2D eigenvalue weighted by molar-refractivity contribution is 0.783. The SMILES string of the molecule is CCCc1nc(Cl)cc(SC(C)(C)C)n1. The Labute approximate surface area is 101 Å². The Morgan fingerprint density at radius 2 is 2.00 bits per heavy atom. The van der Waals surface area contributed by atoms with Gasteiger partial charge in [0.25, 0.3) is 0 Å². The van der Waals surface area contributed by atoms with Crippen LogP contribution >= 0.6 is 23.4 Å². The molecule has 15 heavy (non-hydrogen) atoms. The summed E-state index contributed by atoms with van der Waals surface area (Å²) in [6.07, 6.45) is 1.93. The quantitative estimate of drug-likeness (QED) is 0.594. The summed E-state index contributed by atoms with van der Waals surface area (Å²) >= 11 is 7.67. The molecule has 1 aromatic rings. The van der Waals surface area contributed by atoms with E-state index in [2.05, 4.69) is 37.7 Å². The fourth-order valence-corrected chi connectivity index (χ4v) is 2.36. The van der Waals surface area contributed by atoms with Gasteiger partial charge in [0.2, 0.25) is 0 Å². The van der Waals surface area contributed by atoms with Crippen molar-refractivity contribution in [3.8, 4) is 0 Å². The lowest BCUT2D eigenvalue weighted by atomic mass is 10.3. The van der Waals surface area contributed by atoms with E-state index in [1.165, 1.54) is 0 Å². The first kappa shape index (κ1) is 12.8. The van der Waals surface area contributed by atoms with Gasteiger partial charge >= 0.3 is 0 Å². The van der Waals surface area contributed by atoms with Crippen LogP contribution in [0.2, 0.25) is 5.15 Å². The molecule has 0 atom stereocenters. The third kappa shape index (κ3) is 4.85. The smallest absolute Gasteiger partial charge is 0.133 e. The zero-order valence-corrected chi connectivity index (χ0v) is 11.2. The van der Waals surface area contributed by atoms with E-state index >= 15 is 0 Å². The molecule has 0 aliphatic heterocycles. The van der Waals surface area contributed by atoms with E-state index in [1.54, 1.807) is 11.8 Å². The molecule has 0 radical (unpaired) electrons. The Morgan fingerprint density at radius 1 is 1.33 bits per heavy atom. The van der Waals surface area contributed by atoms with Crippen molar-refractivity contribution < 1.29 is 0 Å². The van der Waals surface area contributed by atoms with Crippen LogP contribution in [-0.4, -0.2) is 14.7 Å². The third-order valence-electron chi connectivity index (χ3n) is 1.60. The zero-order valence-electron chi connectivity index (χ0n) is 9.67. The van der Waals surface area contributed by atoms with Gasteiger partial charge in [-0.05, 0) is 6.42 Å². The maximum atomic E-state index is 5.95. The Morgan fingerprint density at radius 3 is 2.53 bits per heavy atom. The van der Waals surface area contributed by atoms with Crippen molar-refractivity contribution in [1.82, 2.24) is 9.97 Å². The molecule has 0 aliphatic carbocycles. The van der Waals surface area contributed by atoms with Crippen molar-refractivity contribution in [2.45, 2.75) is 50.3 Å². The molecule has 0 saturated heterocycles. The van der Waals surface area contributed by atoms with Gasteiger partial charge in [-0.25, -0.2) is 9.97 Å². The summed E-state index contributed by atoms with van der Waals surface area (Å²) in [5.41, 5.74) is 0. The van der Waals surface area contributed by atoms with Crippen molar-refractivity contribution >= 4 is 23.4 Å². The van der Waals surface area contributed by atoms with Crippen LogP contribution in [0.25, 0.3) is 0 Å². The Bertz CT molecular complexity index is 334. The molecule has 0 unspecified atom stereocenters. The molecule has 0 aliphatic rings. The van der Waals surface area contributed by atoms with E-state index in [4.69, 9.17) is 11.6 Å². The minimum Gasteiger partial charge on any atom is -0.226 e. The largest absolute Gasteiger partial charge is 0.226 e. The number of thioether (sulfide) groups is 1. The number of nitrogens with zero attached hydrogens (tertiary/aromatic N) is 2. The van der Waals surface area contributed by atoms with Crippen LogP contribution in [0.5, 0.6) is 0 Å². The Hall–Kier alpha value is -0.280. The number of aromatic nitrogens is 2. The van der Waals surface area contributed by atoms with Gasteiger partial charge in [-0.1, -0.05) is 39.3 Å². The van der Waals surface area contributed by atoms with Gasteiger partial charge in [0.1, 0.15) is 16.0 Å². The van der Waals surface area contributed by atoms with Crippen molar-refractivity contribution in [1.29, 1.82) is 0 Å². The summed E-state index contributed by atoms with van der Waals surface area (Å²) in [5, 5.41) is 1.51. The number of hydrogen-bond donors (Lipinski definition) is 0. The number of aryl methyl sites for hydroxylation is 1. The van der Waals surface area contributed by atoms with Gasteiger partial charge in [0.05, 0.1) is 0 Å². The lowest BCUT2D eigenvalue weighted by Gasteiger charge is -2.17. The first-order valence-corrected chi connectivity index (χ1v) is 6.32. The Balaban J connectivity index is 2.88. The number of halogens is 1. The first-order chi connectivity index (χ1) is 6.90. The summed E-state index contributed by atoms with van der Waals surface area (Å²) < 4.78 is 0.154. The van der Waals surface area contributed by atoms with Gasteiger partial charge in [0, 0.05) is 17.2 Å². The molecule has 0 saturated carbocycles. The number of rotatable bonds is 3. The Kier molecular flexibility index (Phi) is 4.41. The summed E-state index contributed by atoms with van der Waals surface area (Å²) in [7, 11) is 0. The van der Waals surface area contributed by atoms with Gasteiger partial charge in [-0.2, -0.15) is 0 Å². The standard InChI is InChI=1S/C11H17ClN2S/c1-5-6-9-13-8(12)7-10(14-9)15-11(2,3)4/h7H,5-6H2,1-4H3. The van der Waals surface area contributed by atoms with E-state index in [9.17, 15) is 0 Å². The van der Waals surface area contributed by atoms with Crippen LogP contribution in [0.4, 0.5) is 0 Å². The normalized spacial score (nSPS) is 11.8. The van der Waals surface area contributed by atoms with Crippen LogP contribution in [0.3, 0.4) is 0 Å². The van der Waals surface area contributed by atoms with Crippen LogP contribution in [-0.2, 0) is 6.42 Å². The molecule has 1 aromatic heterocycles. The maximum Gasteiger partial charge on any atom is 0.133 e. The summed E-state index contributed by atoms with van der Waals surface area (Å²) in [6, 6.07) is 1.83. The minimum absolute atomic E-state index is 0.154. The molecule has 0 N–H and O–H groups in total. The topological polar surface area (TPSA) is 25.8 Å². The van der Waals surface area contributed by atoms with E-state index in [-0.39, 0.29) is 4.75 Å². The second-order valence-electron chi connectivity index (χ2n) is 4.41. The molecule has 1 heterocycles. The summed E-state index contributed by atoms with van der Waals surface area (Å²) in [4.78, 5) is 8.67. The van der Waals surface area contributed by atoms with Gasteiger partial charge in [0.15, 0.2) is 0 Å². The first-order valence-electron chi connectivity index (χ1n) is 5.13. The monoisotopic (exact) mass is 244 g/mol. The van der Waals surface area contributed by atoms with Crippen LogP contribution < -0.4 is 0 Å². The predicted molar refractivity (Wildman–Crippen MR) is 66.6 cm³/mol. The fourth-order valence-electron chi connectivity index (χ4n) is 1.14. The maximum absolute atomic E-state index is 5.95. The molecule has 84 valence electrons. The minimum atomic E-state index is 0.154. The van der Waals surface area contributed by atoms with Gasteiger partial charge < -0.3 is 0 Å². The molecule has 0 fully saturated rings. The third-order valence-corrected chi connectivity index (χ3v) is 2.83. The van der Waals surface area contributed by atoms with E-state index < -0.39 is 0 Å². The second-order valence-corrected chi connectivity index (χ2v) is 6.64. The molecule has 4 heteroatoms. The molecular formula is C11H17ClN2S. The molecule has 0 amide bonds. The number of hydrogen-bond acceptors (Lipinski definition) is 3. The van der Waals surface area contributed by atoms with Crippen molar-refractivity contribution in [3.05, 3.63) is 17.0 Å². The molecule has 0 bridgehead atoms. The molecule has 1 rings (SSSR count). The van der Waals surface area contributed by atoms with Crippen LogP contribution in [0, 0.1) is 0 Å². The second kappa shape index (κ2) is 5.17.